The molecule has 0 bridgehead atoms. The van der Waals surface area contributed by atoms with Crippen LogP contribution in [0.2, 0.25) is 0 Å². The van der Waals surface area contributed by atoms with Crippen molar-refractivity contribution in [2.45, 2.75) is 45.1 Å². The second-order valence-electron chi connectivity index (χ2n) is 7.31. The van der Waals surface area contributed by atoms with Crippen LogP contribution < -0.4 is 5.32 Å². The van der Waals surface area contributed by atoms with Gasteiger partial charge >= 0.3 is 0 Å². The second-order valence-corrected chi connectivity index (χ2v) is 7.31. The highest BCUT2D eigenvalue weighted by Gasteiger charge is 2.28. The fraction of sp³-hybridized carbons (Fsp3) is 0.600. The Morgan fingerprint density at radius 1 is 1.12 bits per heavy atom. The fourth-order valence-corrected chi connectivity index (χ4v) is 3.95. The first-order valence-corrected chi connectivity index (χ1v) is 9.49. The lowest BCUT2D eigenvalue weighted by Gasteiger charge is -2.32. The molecule has 2 saturated heterocycles. The van der Waals surface area contributed by atoms with Gasteiger partial charge in [-0.1, -0.05) is 18.6 Å². The molecule has 2 fully saturated rings. The highest BCUT2D eigenvalue weighted by atomic mass is 16.2. The van der Waals surface area contributed by atoms with E-state index in [1.165, 1.54) is 52.1 Å². The largest absolute Gasteiger partial charge is 0.325 e. The smallest absolute Gasteiger partial charge is 0.238 e. The number of likely N-dealkylation sites (tertiary alicyclic amines) is 2. The molecule has 1 amide bonds. The maximum absolute atomic E-state index is 12.4. The number of Topliss-reactive ketones (excluding diaryl/α,β-unsaturated/α-hetero) is 1. The number of nitrogens with one attached hydrogen (secondary N) is 1. The van der Waals surface area contributed by atoms with Crippen molar-refractivity contribution in [3.05, 3.63) is 29.8 Å². The Morgan fingerprint density at radius 3 is 2.68 bits per heavy atom. The van der Waals surface area contributed by atoms with Gasteiger partial charge in [0.1, 0.15) is 0 Å². The Labute approximate surface area is 150 Å². The molecule has 2 heterocycles. The highest BCUT2D eigenvalue weighted by Crippen LogP contribution is 2.20. The topological polar surface area (TPSA) is 52.7 Å². The van der Waals surface area contributed by atoms with E-state index in [0.717, 1.165) is 13.1 Å². The average molecular weight is 343 g/mol. The minimum absolute atomic E-state index is 0.00578. The van der Waals surface area contributed by atoms with Crippen molar-refractivity contribution in [1.82, 2.24) is 9.80 Å². The van der Waals surface area contributed by atoms with Gasteiger partial charge in [-0.15, -0.1) is 0 Å². The molecule has 2 aliphatic rings. The number of carbonyl (C=O) groups excluding carboxylic acids is 2. The number of amides is 1. The standard InChI is InChI=1S/C20H29N3O2/c1-16(24)17-7-5-8-18(13-17)21-20(25)15-23-12-6-9-19(23)14-22-10-3-2-4-11-22/h5,7-8,13,19H,2-4,6,9-12,14-15H2,1H3,(H,21,25)/t19-/m1/s1. The summed E-state index contributed by atoms with van der Waals surface area (Å²) in [6.45, 7) is 6.47. The summed E-state index contributed by atoms with van der Waals surface area (Å²) in [7, 11) is 0. The van der Waals surface area contributed by atoms with Crippen molar-refractivity contribution in [2.24, 2.45) is 0 Å². The van der Waals surface area contributed by atoms with Gasteiger partial charge in [-0.05, 0) is 64.4 Å². The van der Waals surface area contributed by atoms with E-state index in [1.807, 2.05) is 6.07 Å². The van der Waals surface area contributed by atoms with Crippen LogP contribution in [0.15, 0.2) is 24.3 Å². The van der Waals surface area contributed by atoms with Crippen molar-refractivity contribution in [1.29, 1.82) is 0 Å². The molecule has 3 rings (SSSR count). The molecule has 2 aliphatic heterocycles. The lowest BCUT2D eigenvalue weighted by atomic mass is 10.1. The second kappa shape index (κ2) is 8.59. The van der Waals surface area contributed by atoms with Gasteiger partial charge in [-0.3, -0.25) is 14.5 Å². The summed E-state index contributed by atoms with van der Waals surface area (Å²) in [6, 6.07) is 7.65. The van der Waals surface area contributed by atoms with Gasteiger partial charge in [0.05, 0.1) is 6.54 Å². The SMILES string of the molecule is CC(=O)c1cccc(NC(=O)CN2CCC[C@@H]2CN2CCCCC2)c1. The number of hydrogen-bond acceptors (Lipinski definition) is 4. The molecule has 0 unspecified atom stereocenters. The zero-order chi connectivity index (χ0) is 17.6. The molecule has 5 heteroatoms. The van der Waals surface area contributed by atoms with Gasteiger partial charge < -0.3 is 10.2 Å². The van der Waals surface area contributed by atoms with E-state index in [9.17, 15) is 9.59 Å². The lowest BCUT2D eigenvalue weighted by Crippen LogP contribution is -2.44. The first kappa shape index (κ1) is 18.1. The molecule has 0 aliphatic carbocycles. The van der Waals surface area contributed by atoms with Crippen LogP contribution in [0, 0.1) is 0 Å². The minimum atomic E-state index is 0.00578. The molecule has 0 radical (unpaired) electrons. The van der Waals surface area contributed by atoms with Gasteiger partial charge in [0, 0.05) is 23.8 Å². The summed E-state index contributed by atoms with van der Waals surface area (Å²) in [5.41, 5.74) is 1.33. The quantitative estimate of drug-likeness (QED) is 0.807. The van der Waals surface area contributed by atoms with E-state index in [2.05, 4.69) is 15.1 Å². The molecule has 0 aromatic heterocycles. The molecule has 0 saturated carbocycles. The molecular formula is C20H29N3O2. The van der Waals surface area contributed by atoms with Crippen LogP contribution in [0.3, 0.4) is 0 Å². The number of ketones is 1. The van der Waals surface area contributed by atoms with Gasteiger partial charge in [0.2, 0.25) is 5.91 Å². The third-order valence-corrected chi connectivity index (χ3v) is 5.32. The van der Waals surface area contributed by atoms with Crippen LogP contribution in [0.5, 0.6) is 0 Å². The van der Waals surface area contributed by atoms with E-state index >= 15 is 0 Å². The van der Waals surface area contributed by atoms with Crippen molar-refractivity contribution in [3.8, 4) is 0 Å². The molecule has 5 nitrogen and oxygen atoms in total. The molecule has 1 atom stereocenters. The van der Waals surface area contributed by atoms with E-state index in [4.69, 9.17) is 0 Å². The fourth-order valence-electron chi connectivity index (χ4n) is 3.95. The maximum Gasteiger partial charge on any atom is 0.238 e. The summed E-state index contributed by atoms with van der Waals surface area (Å²) in [4.78, 5) is 28.8. The van der Waals surface area contributed by atoms with Crippen molar-refractivity contribution in [3.63, 3.8) is 0 Å². The van der Waals surface area contributed by atoms with Crippen molar-refractivity contribution < 1.29 is 9.59 Å². The van der Waals surface area contributed by atoms with Crippen LogP contribution in [0.4, 0.5) is 5.69 Å². The van der Waals surface area contributed by atoms with E-state index in [0.29, 0.717) is 23.8 Å². The van der Waals surface area contributed by atoms with Gasteiger partial charge in [0.25, 0.3) is 0 Å². The monoisotopic (exact) mass is 343 g/mol. The maximum atomic E-state index is 12.4. The molecule has 1 N–H and O–H groups in total. The summed E-state index contributed by atoms with van der Waals surface area (Å²) >= 11 is 0. The number of anilines is 1. The zero-order valence-corrected chi connectivity index (χ0v) is 15.2. The summed E-state index contributed by atoms with van der Waals surface area (Å²) < 4.78 is 0. The molecule has 25 heavy (non-hydrogen) atoms. The van der Waals surface area contributed by atoms with E-state index in [-0.39, 0.29) is 11.7 Å². The lowest BCUT2D eigenvalue weighted by molar-refractivity contribution is -0.117. The zero-order valence-electron chi connectivity index (χ0n) is 15.2. The number of piperidine rings is 1. The number of benzene rings is 1. The third kappa shape index (κ3) is 5.13. The predicted octanol–water partition coefficient (Wildman–Crippen LogP) is 2.78. The molecule has 1 aromatic rings. The van der Waals surface area contributed by atoms with Crippen molar-refractivity contribution in [2.75, 3.05) is 38.0 Å². The Hall–Kier alpha value is -1.72. The third-order valence-electron chi connectivity index (χ3n) is 5.32. The number of nitrogens with zero attached hydrogens (tertiary/aromatic N) is 2. The van der Waals surface area contributed by atoms with Crippen molar-refractivity contribution >= 4 is 17.4 Å². The first-order chi connectivity index (χ1) is 12.1. The van der Waals surface area contributed by atoms with E-state index in [1.54, 1.807) is 18.2 Å². The van der Waals surface area contributed by atoms with Crippen LogP contribution in [0.25, 0.3) is 0 Å². The number of rotatable bonds is 6. The van der Waals surface area contributed by atoms with Gasteiger partial charge in [0.15, 0.2) is 5.78 Å². The number of hydrogen-bond donors (Lipinski definition) is 1. The molecule has 136 valence electrons. The predicted molar refractivity (Wildman–Crippen MR) is 100.0 cm³/mol. The van der Waals surface area contributed by atoms with Crippen LogP contribution >= 0.6 is 0 Å². The minimum Gasteiger partial charge on any atom is -0.325 e. The van der Waals surface area contributed by atoms with Crippen LogP contribution in [0.1, 0.15) is 49.4 Å². The normalized spacial score (nSPS) is 22.0. The highest BCUT2D eigenvalue weighted by molar-refractivity contribution is 5.97. The number of carbonyl (C=O) groups is 2. The van der Waals surface area contributed by atoms with Crippen LogP contribution in [-0.2, 0) is 4.79 Å². The molecular weight excluding hydrogens is 314 g/mol. The summed E-state index contributed by atoms with van der Waals surface area (Å²) in [5.74, 6) is 0.0171. The van der Waals surface area contributed by atoms with Crippen LogP contribution in [-0.4, -0.2) is 60.3 Å². The molecule has 1 aromatic carbocycles. The van der Waals surface area contributed by atoms with E-state index < -0.39 is 0 Å². The average Bonchev–Trinajstić information content (AvgIpc) is 3.02. The van der Waals surface area contributed by atoms with Gasteiger partial charge in [-0.2, -0.15) is 0 Å². The Kier molecular flexibility index (Phi) is 6.21. The Balaban J connectivity index is 1.52. The first-order valence-electron chi connectivity index (χ1n) is 9.49. The summed E-state index contributed by atoms with van der Waals surface area (Å²) in [6.07, 6.45) is 6.32. The summed E-state index contributed by atoms with van der Waals surface area (Å²) in [5, 5.41) is 2.94. The molecule has 0 spiro atoms. The Bertz CT molecular complexity index is 611. The Morgan fingerprint density at radius 2 is 1.92 bits per heavy atom. The van der Waals surface area contributed by atoms with Gasteiger partial charge in [-0.25, -0.2) is 0 Å².